The van der Waals surface area contributed by atoms with Gasteiger partial charge in [0.1, 0.15) is 18.1 Å². The third kappa shape index (κ3) is 5.52. The number of carbonyl (C=O) groups is 1. The van der Waals surface area contributed by atoms with Gasteiger partial charge in [0, 0.05) is 0 Å². The van der Waals surface area contributed by atoms with Gasteiger partial charge in [-0.3, -0.25) is 4.79 Å². The van der Waals surface area contributed by atoms with Crippen LogP contribution in [-0.4, -0.2) is 25.2 Å². The van der Waals surface area contributed by atoms with Crippen LogP contribution in [0.4, 0.5) is 0 Å². The van der Waals surface area contributed by atoms with Crippen LogP contribution in [0.5, 0.6) is 11.5 Å². The van der Waals surface area contributed by atoms with Crippen molar-refractivity contribution >= 4 is 5.91 Å². The summed E-state index contributed by atoms with van der Waals surface area (Å²) in [6, 6.07) is 15.7. The molecular formula is C21H27NO3. The molecule has 2 aromatic carbocycles. The number of amides is 1. The van der Waals surface area contributed by atoms with Gasteiger partial charge in [-0.25, -0.2) is 0 Å². The molecule has 0 heterocycles. The monoisotopic (exact) mass is 341 g/mol. The molecule has 25 heavy (non-hydrogen) atoms. The van der Waals surface area contributed by atoms with Gasteiger partial charge in [-0.2, -0.15) is 0 Å². The normalized spacial score (nSPS) is 11.9. The Labute approximate surface area is 150 Å². The second kappa shape index (κ2) is 9.11. The van der Waals surface area contributed by atoms with E-state index >= 15 is 0 Å². The van der Waals surface area contributed by atoms with Gasteiger partial charge >= 0.3 is 0 Å². The number of hydrogen-bond donors (Lipinski definition) is 1. The van der Waals surface area contributed by atoms with Crippen LogP contribution in [0.25, 0.3) is 0 Å². The molecule has 0 saturated heterocycles. The highest BCUT2D eigenvalue weighted by Gasteiger charge is 2.16. The number of ether oxygens (including phenoxy) is 2. The SMILES string of the molecule is Cc1ccccc1OCCNC(=O)C(C)Oc1ccccc1C(C)C. The molecule has 0 aliphatic heterocycles. The third-order valence-electron chi connectivity index (χ3n) is 3.97. The van der Waals surface area contributed by atoms with Crippen LogP contribution >= 0.6 is 0 Å². The first-order valence-electron chi connectivity index (χ1n) is 8.70. The van der Waals surface area contributed by atoms with Crippen LogP contribution in [0.2, 0.25) is 0 Å². The van der Waals surface area contributed by atoms with Crippen molar-refractivity contribution in [3.8, 4) is 11.5 Å². The van der Waals surface area contributed by atoms with E-state index < -0.39 is 6.10 Å². The number of benzene rings is 2. The number of para-hydroxylation sites is 2. The van der Waals surface area contributed by atoms with E-state index in [4.69, 9.17) is 9.47 Å². The predicted octanol–water partition coefficient (Wildman–Crippen LogP) is 4.08. The maximum absolute atomic E-state index is 12.2. The van der Waals surface area contributed by atoms with Gasteiger partial charge in [0.25, 0.3) is 5.91 Å². The molecule has 4 nitrogen and oxygen atoms in total. The zero-order chi connectivity index (χ0) is 18.2. The molecular weight excluding hydrogens is 314 g/mol. The summed E-state index contributed by atoms with van der Waals surface area (Å²) in [5.74, 6) is 1.80. The minimum absolute atomic E-state index is 0.146. The van der Waals surface area contributed by atoms with Crippen molar-refractivity contribution < 1.29 is 14.3 Å². The maximum Gasteiger partial charge on any atom is 0.260 e. The van der Waals surface area contributed by atoms with Crippen molar-refractivity contribution in [3.05, 3.63) is 59.7 Å². The number of carbonyl (C=O) groups excluding carboxylic acids is 1. The van der Waals surface area contributed by atoms with Gasteiger partial charge in [0.2, 0.25) is 0 Å². The smallest absolute Gasteiger partial charge is 0.260 e. The molecule has 0 spiro atoms. The molecule has 1 amide bonds. The molecule has 0 bridgehead atoms. The molecule has 134 valence electrons. The Morgan fingerprint density at radius 3 is 2.32 bits per heavy atom. The Morgan fingerprint density at radius 2 is 1.64 bits per heavy atom. The Morgan fingerprint density at radius 1 is 1.00 bits per heavy atom. The lowest BCUT2D eigenvalue weighted by Gasteiger charge is -2.18. The number of rotatable bonds is 8. The van der Waals surface area contributed by atoms with Crippen LogP contribution in [0.3, 0.4) is 0 Å². The number of aryl methyl sites for hydroxylation is 1. The molecule has 0 aromatic heterocycles. The second-order valence-electron chi connectivity index (χ2n) is 6.36. The van der Waals surface area contributed by atoms with E-state index in [1.54, 1.807) is 6.92 Å². The van der Waals surface area contributed by atoms with Gasteiger partial charge in [-0.05, 0) is 43.0 Å². The molecule has 0 saturated carbocycles. The zero-order valence-corrected chi connectivity index (χ0v) is 15.4. The van der Waals surface area contributed by atoms with Gasteiger partial charge in [-0.1, -0.05) is 50.2 Å². The molecule has 0 fully saturated rings. The summed E-state index contributed by atoms with van der Waals surface area (Å²) in [5, 5.41) is 2.85. The summed E-state index contributed by atoms with van der Waals surface area (Å²) in [4.78, 5) is 12.2. The van der Waals surface area contributed by atoms with E-state index in [-0.39, 0.29) is 5.91 Å². The van der Waals surface area contributed by atoms with Crippen LogP contribution in [0.15, 0.2) is 48.5 Å². The fourth-order valence-corrected chi connectivity index (χ4v) is 2.51. The molecule has 0 aliphatic rings. The van der Waals surface area contributed by atoms with Crippen LogP contribution in [0.1, 0.15) is 37.8 Å². The fourth-order valence-electron chi connectivity index (χ4n) is 2.51. The average molecular weight is 341 g/mol. The molecule has 0 aliphatic carbocycles. The summed E-state index contributed by atoms with van der Waals surface area (Å²) in [5.41, 5.74) is 2.18. The number of nitrogens with one attached hydrogen (secondary N) is 1. The van der Waals surface area contributed by atoms with Crippen molar-refractivity contribution in [3.63, 3.8) is 0 Å². The maximum atomic E-state index is 12.2. The van der Waals surface area contributed by atoms with Gasteiger partial charge < -0.3 is 14.8 Å². The standard InChI is InChI=1S/C21H27NO3/c1-15(2)18-10-6-8-12-20(18)25-17(4)21(23)22-13-14-24-19-11-7-5-9-16(19)3/h5-12,15,17H,13-14H2,1-4H3,(H,22,23). The van der Waals surface area contributed by atoms with Crippen molar-refractivity contribution in [2.75, 3.05) is 13.2 Å². The fraction of sp³-hybridized carbons (Fsp3) is 0.381. The molecule has 2 aromatic rings. The first kappa shape index (κ1) is 18.8. The van der Waals surface area contributed by atoms with Crippen molar-refractivity contribution in [2.24, 2.45) is 0 Å². The molecule has 4 heteroatoms. The van der Waals surface area contributed by atoms with Gasteiger partial charge in [-0.15, -0.1) is 0 Å². The second-order valence-corrected chi connectivity index (χ2v) is 6.36. The summed E-state index contributed by atoms with van der Waals surface area (Å²) in [6.45, 7) is 8.83. The predicted molar refractivity (Wildman–Crippen MR) is 100 cm³/mol. The Hall–Kier alpha value is -2.49. The lowest BCUT2D eigenvalue weighted by molar-refractivity contribution is -0.127. The van der Waals surface area contributed by atoms with Crippen molar-refractivity contribution in [2.45, 2.75) is 39.7 Å². The van der Waals surface area contributed by atoms with E-state index in [0.717, 1.165) is 22.6 Å². The zero-order valence-electron chi connectivity index (χ0n) is 15.4. The van der Waals surface area contributed by atoms with E-state index in [0.29, 0.717) is 19.1 Å². The summed E-state index contributed by atoms with van der Waals surface area (Å²) in [6.07, 6.45) is -0.557. The quantitative estimate of drug-likeness (QED) is 0.736. The summed E-state index contributed by atoms with van der Waals surface area (Å²) >= 11 is 0. The molecule has 2 rings (SSSR count). The summed E-state index contributed by atoms with van der Waals surface area (Å²) in [7, 11) is 0. The first-order valence-corrected chi connectivity index (χ1v) is 8.70. The Balaban J connectivity index is 1.80. The highest BCUT2D eigenvalue weighted by molar-refractivity contribution is 5.80. The lowest BCUT2D eigenvalue weighted by atomic mass is 10.0. The van der Waals surface area contributed by atoms with Crippen molar-refractivity contribution in [1.82, 2.24) is 5.32 Å². The largest absolute Gasteiger partial charge is 0.491 e. The van der Waals surface area contributed by atoms with Crippen molar-refractivity contribution in [1.29, 1.82) is 0 Å². The average Bonchev–Trinajstić information content (AvgIpc) is 2.60. The Bertz CT molecular complexity index is 697. The van der Waals surface area contributed by atoms with E-state index in [1.165, 1.54) is 0 Å². The molecule has 1 N–H and O–H groups in total. The van der Waals surface area contributed by atoms with E-state index in [2.05, 4.69) is 19.2 Å². The Kier molecular flexibility index (Phi) is 6.87. The highest BCUT2D eigenvalue weighted by atomic mass is 16.5. The first-order chi connectivity index (χ1) is 12.0. The van der Waals surface area contributed by atoms with Gasteiger partial charge in [0.05, 0.1) is 6.54 Å². The lowest BCUT2D eigenvalue weighted by Crippen LogP contribution is -2.38. The van der Waals surface area contributed by atoms with E-state index in [9.17, 15) is 4.79 Å². The van der Waals surface area contributed by atoms with Crippen LogP contribution < -0.4 is 14.8 Å². The van der Waals surface area contributed by atoms with Crippen LogP contribution in [0, 0.1) is 6.92 Å². The minimum atomic E-state index is -0.557. The van der Waals surface area contributed by atoms with Crippen LogP contribution in [-0.2, 0) is 4.79 Å². The van der Waals surface area contributed by atoms with E-state index in [1.807, 2.05) is 55.5 Å². The minimum Gasteiger partial charge on any atom is -0.491 e. The molecule has 0 radical (unpaired) electrons. The highest BCUT2D eigenvalue weighted by Crippen LogP contribution is 2.26. The topological polar surface area (TPSA) is 47.6 Å². The molecule has 1 atom stereocenters. The molecule has 1 unspecified atom stereocenters. The summed E-state index contributed by atoms with van der Waals surface area (Å²) < 4.78 is 11.5. The number of hydrogen-bond acceptors (Lipinski definition) is 3. The van der Waals surface area contributed by atoms with Gasteiger partial charge in [0.15, 0.2) is 6.10 Å². The third-order valence-corrected chi connectivity index (χ3v) is 3.97.